The summed E-state index contributed by atoms with van der Waals surface area (Å²) in [7, 11) is 0. The van der Waals surface area contributed by atoms with Crippen molar-refractivity contribution in [1.29, 1.82) is 5.26 Å². The zero-order valence-electron chi connectivity index (χ0n) is 5.43. The van der Waals surface area contributed by atoms with Gasteiger partial charge in [0.25, 0.3) is 0 Å². The molecule has 0 aliphatic rings. The van der Waals surface area contributed by atoms with Crippen LogP contribution in [0.15, 0.2) is 0 Å². The number of nitriles is 1. The second-order valence-electron chi connectivity index (χ2n) is 1.76. The van der Waals surface area contributed by atoms with Gasteiger partial charge in [0.15, 0.2) is 0 Å². The van der Waals surface area contributed by atoms with E-state index in [1.807, 2.05) is 6.26 Å². The van der Waals surface area contributed by atoms with E-state index in [1.54, 1.807) is 11.8 Å². The third-order valence-electron chi connectivity index (χ3n) is 1.04. The van der Waals surface area contributed by atoms with Crippen molar-refractivity contribution < 1.29 is 0 Å². The summed E-state index contributed by atoms with van der Waals surface area (Å²) in [5.74, 6) is 1.56. The molecule has 1 nitrogen and oxygen atoms in total. The molecule has 9 heavy (non-hydrogen) atoms. The number of rotatable bonds is 4. The van der Waals surface area contributed by atoms with Crippen LogP contribution in [-0.2, 0) is 0 Å². The Morgan fingerprint density at radius 3 is 2.78 bits per heavy atom. The van der Waals surface area contributed by atoms with Gasteiger partial charge < -0.3 is 0 Å². The highest BCUT2D eigenvalue weighted by Gasteiger charge is 2.02. The first-order valence-electron chi connectivity index (χ1n) is 2.79. The average molecular weight is 164 g/mol. The summed E-state index contributed by atoms with van der Waals surface area (Å²) in [5.41, 5.74) is 0. The molecule has 0 saturated heterocycles. The zero-order chi connectivity index (χ0) is 7.11. The van der Waals surface area contributed by atoms with Crippen LogP contribution in [0.1, 0.15) is 6.42 Å². The van der Waals surface area contributed by atoms with Crippen molar-refractivity contribution in [2.75, 3.05) is 17.9 Å². The monoisotopic (exact) mass is 163 g/mol. The minimum absolute atomic E-state index is 0.0547. The fourth-order valence-electron chi connectivity index (χ4n) is 0.436. The SMILES string of the molecule is CSCCC(C#N)CCl. The average Bonchev–Trinajstić information content (AvgIpc) is 1.91. The van der Waals surface area contributed by atoms with Gasteiger partial charge in [-0.25, -0.2) is 0 Å². The predicted octanol–water partition coefficient (Wildman–Crippen LogP) is 2.12. The van der Waals surface area contributed by atoms with Crippen molar-refractivity contribution in [2.45, 2.75) is 6.42 Å². The fourth-order valence-corrected chi connectivity index (χ4v) is 1.18. The molecule has 0 saturated carbocycles. The summed E-state index contributed by atoms with van der Waals surface area (Å²) in [5, 5.41) is 8.41. The van der Waals surface area contributed by atoms with Crippen molar-refractivity contribution in [3.63, 3.8) is 0 Å². The van der Waals surface area contributed by atoms with Gasteiger partial charge in [0.2, 0.25) is 0 Å². The molecule has 0 heterocycles. The van der Waals surface area contributed by atoms with Gasteiger partial charge >= 0.3 is 0 Å². The second kappa shape index (κ2) is 6.25. The van der Waals surface area contributed by atoms with E-state index < -0.39 is 0 Å². The summed E-state index contributed by atoms with van der Waals surface area (Å²) < 4.78 is 0. The third-order valence-corrected chi connectivity index (χ3v) is 2.06. The van der Waals surface area contributed by atoms with Crippen molar-refractivity contribution in [2.24, 2.45) is 5.92 Å². The maximum Gasteiger partial charge on any atom is 0.0668 e. The topological polar surface area (TPSA) is 23.8 Å². The maximum atomic E-state index is 8.41. The van der Waals surface area contributed by atoms with Gasteiger partial charge in [-0.05, 0) is 18.4 Å². The third kappa shape index (κ3) is 4.62. The van der Waals surface area contributed by atoms with Crippen LogP contribution in [-0.4, -0.2) is 17.9 Å². The zero-order valence-corrected chi connectivity index (χ0v) is 7.00. The molecule has 0 aliphatic carbocycles. The lowest BCUT2D eigenvalue weighted by molar-refractivity contribution is 0.728. The van der Waals surface area contributed by atoms with Crippen LogP contribution in [0, 0.1) is 17.2 Å². The van der Waals surface area contributed by atoms with E-state index in [-0.39, 0.29) is 5.92 Å². The first-order chi connectivity index (χ1) is 4.35. The number of thioether (sulfide) groups is 1. The van der Waals surface area contributed by atoms with Crippen molar-refractivity contribution >= 4 is 23.4 Å². The fraction of sp³-hybridized carbons (Fsp3) is 0.833. The van der Waals surface area contributed by atoms with Gasteiger partial charge in [-0.3, -0.25) is 0 Å². The van der Waals surface area contributed by atoms with Crippen LogP contribution in [0.25, 0.3) is 0 Å². The van der Waals surface area contributed by atoms with E-state index in [0.29, 0.717) is 5.88 Å². The van der Waals surface area contributed by atoms with Crippen LogP contribution in [0.3, 0.4) is 0 Å². The highest BCUT2D eigenvalue weighted by Crippen LogP contribution is 2.07. The molecule has 0 aliphatic heterocycles. The van der Waals surface area contributed by atoms with Gasteiger partial charge in [0.05, 0.1) is 12.0 Å². The molecule has 0 fully saturated rings. The highest BCUT2D eigenvalue weighted by atomic mass is 35.5. The standard InChI is InChI=1S/C6H10ClNS/c1-9-3-2-6(4-7)5-8/h6H,2-4H2,1H3. The molecule has 0 amide bonds. The van der Waals surface area contributed by atoms with Crippen molar-refractivity contribution in [3.05, 3.63) is 0 Å². The Labute approximate surface area is 65.4 Å². The first kappa shape index (κ1) is 9.13. The summed E-state index contributed by atoms with van der Waals surface area (Å²) in [6.45, 7) is 0. The van der Waals surface area contributed by atoms with Gasteiger partial charge in [-0.15, -0.1) is 11.6 Å². The summed E-state index contributed by atoms with van der Waals surface area (Å²) in [6, 6.07) is 2.14. The molecule has 0 radical (unpaired) electrons. The molecular weight excluding hydrogens is 154 g/mol. The van der Waals surface area contributed by atoms with Crippen molar-refractivity contribution in [1.82, 2.24) is 0 Å². The van der Waals surface area contributed by atoms with Gasteiger partial charge in [0.1, 0.15) is 0 Å². The molecule has 0 spiro atoms. The molecule has 0 aromatic heterocycles. The van der Waals surface area contributed by atoms with E-state index in [4.69, 9.17) is 16.9 Å². The summed E-state index contributed by atoms with van der Waals surface area (Å²) in [4.78, 5) is 0. The van der Waals surface area contributed by atoms with Gasteiger partial charge in [-0.2, -0.15) is 17.0 Å². The molecule has 0 bridgehead atoms. The molecule has 3 heteroatoms. The number of halogens is 1. The largest absolute Gasteiger partial charge is 0.198 e. The summed E-state index contributed by atoms with van der Waals surface area (Å²) in [6.07, 6.45) is 2.95. The number of hydrogen-bond acceptors (Lipinski definition) is 2. The van der Waals surface area contributed by atoms with Gasteiger partial charge in [0, 0.05) is 5.88 Å². The molecule has 0 rings (SSSR count). The lowest BCUT2D eigenvalue weighted by atomic mass is 10.1. The van der Waals surface area contributed by atoms with Gasteiger partial charge in [-0.1, -0.05) is 0 Å². The molecule has 52 valence electrons. The van der Waals surface area contributed by atoms with Crippen LogP contribution in [0.4, 0.5) is 0 Å². The van der Waals surface area contributed by atoms with Crippen LogP contribution in [0.5, 0.6) is 0 Å². The maximum absolute atomic E-state index is 8.41. The van der Waals surface area contributed by atoms with Crippen LogP contribution >= 0.6 is 23.4 Å². The molecule has 1 unspecified atom stereocenters. The quantitative estimate of drug-likeness (QED) is 0.593. The summed E-state index contributed by atoms with van der Waals surface area (Å²) >= 11 is 7.22. The van der Waals surface area contributed by atoms with Crippen LogP contribution in [0.2, 0.25) is 0 Å². The first-order valence-corrected chi connectivity index (χ1v) is 4.72. The lowest BCUT2D eigenvalue weighted by Gasteiger charge is -2.00. The normalized spacial score (nSPS) is 12.6. The molecule has 0 aromatic rings. The smallest absolute Gasteiger partial charge is 0.0668 e. The van der Waals surface area contributed by atoms with E-state index in [2.05, 4.69) is 6.07 Å². The Kier molecular flexibility index (Phi) is 6.34. The highest BCUT2D eigenvalue weighted by molar-refractivity contribution is 7.98. The minimum atomic E-state index is 0.0547. The van der Waals surface area contributed by atoms with E-state index >= 15 is 0 Å². The Hall–Kier alpha value is 0.130. The van der Waals surface area contributed by atoms with E-state index in [1.165, 1.54) is 0 Å². The molecular formula is C6H10ClNS. The molecule has 0 aromatic carbocycles. The number of alkyl halides is 1. The Morgan fingerprint density at radius 2 is 2.44 bits per heavy atom. The lowest BCUT2D eigenvalue weighted by Crippen LogP contribution is -1.99. The van der Waals surface area contributed by atoms with Crippen LogP contribution < -0.4 is 0 Å². The number of nitrogens with zero attached hydrogens (tertiary/aromatic N) is 1. The van der Waals surface area contributed by atoms with E-state index in [9.17, 15) is 0 Å². The van der Waals surface area contributed by atoms with Crippen molar-refractivity contribution in [3.8, 4) is 6.07 Å². The Balaban J connectivity index is 3.23. The van der Waals surface area contributed by atoms with E-state index in [0.717, 1.165) is 12.2 Å². The molecule has 1 atom stereocenters. The predicted molar refractivity (Wildman–Crippen MR) is 42.8 cm³/mol. The second-order valence-corrected chi connectivity index (χ2v) is 3.06. The molecule has 0 N–H and O–H groups in total. The minimum Gasteiger partial charge on any atom is -0.198 e. The Morgan fingerprint density at radius 1 is 1.78 bits per heavy atom. The Bertz CT molecular complexity index is 99.7. The number of hydrogen-bond donors (Lipinski definition) is 0.